The lowest BCUT2D eigenvalue weighted by molar-refractivity contribution is 0.307. The van der Waals surface area contributed by atoms with E-state index in [4.69, 9.17) is 0 Å². The topological polar surface area (TPSA) is 41.0 Å². The van der Waals surface area contributed by atoms with E-state index < -0.39 is 0 Å². The minimum atomic E-state index is -0.315. The number of hydrogen-bond acceptors (Lipinski definition) is 6. The van der Waals surface area contributed by atoms with Crippen molar-refractivity contribution in [3.05, 3.63) is 52.7 Å². The van der Waals surface area contributed by atoms with Crippen molar-refractivity contribution in [2.75, 3.05) is 18.4 Å². The second-order valence-corrected chi connectivity index (χ2v) is 8.78. The molecule has 0 fully saturated rings. The Kier molecular flexibility index (Phi) is 4.38. The predicted octanol–water partition coefficient (Wildman–Crippen LogP) is 5.90. The van der Waals surface area contributed by atoms with E-state index in [2.05, 4.69) is 46.2 Å². The molecule has 0 bridgehead atoms. The molecule has 0 saturated heterocycles. The second kappa shape index (κ2) is 6.92. The molecule has 4 aromatic rings. The first kappa shape index (κ1) is 17.7. The number of benzene rings is 1. The van der Waals surface area contributed by atoms with Crippen LogP contribution in [0.25, 0.3) is 26.0 Å². The average Bonchev–Trinajstić information content (AvgIpc) is 3.41. The van der Waals surface area contributed by atoms with Gasteiger partial charge in [0.15, 0.2) is 5.82 Å². The second-order valence-electron chi connectivity index (χ2n) is 6.86. The maximum Gasteiger partial charge on any atom is 0.173 e. The first-order valence-corrected chi connectivity index (χ1v) is 11.0. The molecule has 0 amide bonds. The summed E-state index contributed by atoms with van der Waals surface area (Å²) < 4.78 is 15.7. The summed E-state index contributed by atoms with van der Waals surface area (Å²) in [5.74, 6) is -0.315. The normalized spacial score (nSPS) is 17.5. The molecule has 5 rings (SSSR count). The molecule has 142 valence electrons. The Bertz CT molecular complexity index is 1210. The van der Waals surface area contributed by atoms with Crippen LogP contribution in [0.15, 0.2) is 42.0 Å². The van der Waals surface area contributed by atoms with E-state index in [1.54, 1.807) is 29.1 Å². The standard InChI is InChI=1S/C21H19FN4S2/c1-3-26-9-7-13(12(26)2)18-10-14-15(6-8-23-21(14)28-18)25-16-4-5-17-20(19(16)22)24-11-27-17/h4-8,10-12H,3,9H2,1-2H3,(H,23,25). The summed E-state index contributed by atoms with van der Waals surface area (Å²) in [6.07, 6.45) is 4.08. The number of hydrogen-bond donors (Lipinski definition) is 1. The Balaban J connectivity index is 1.53. The highest BCUT2D eigenvalue weighted by Gasteiger charge is 2.24. The molecule has 3 aromatic heterocycles. The molecule has 1 aromatic carbocycles. The van der Waals surface area contributed by atoms with Crippen molar-refractivity contribution in [3.63, 3.8) is 0 Å². The molecule has 28 heavy (non-hydrogen) atoms. The zero-order valence-corrected chi connectivity index (χ0v) is 17.2. The van der Waals surface area contributed by atoms with Crippen LogP contribution in [0, 0.1) is 5.82 Å². The van der Waals surface area contributed by atoms with E-state index in [9.17, 15) is 4.39 Å². The van der Waals surface area contributed by atoms with Crippen LogP contribution in [-0.4, -0.2) is 34.0 Å². The van der Waals surface area contributed by atoms with Crippen LogP contribution >= 0.6 is 22.7 Å². The number of fused-ring (bicyclic) bond motifs is 2. The van der Waals surface area contributed by atoms with Crippen LogP contribution < -0.4 is 5.32 Å². The van der Waals surface area contributed by atoms with Crippen molar-refractivity contribution in [2.24, 2.45) is 0 Å². The van der Waals surface area contributed by atoms with E-state index in [0.29, 0.717) is 17.2 Å². The summed E-state index contributed by atoms with van der Waals surface area (Å²) in [5.41, 5.74) is 4.73. The van der Waals surface area contributed by atoms with Crippen molar-refractivity contribution in [3.8, 4) is 0 Å². The molecular weight excluding hydrogens is 391 g/mol. The van der Waals surface area contributed by atoms with E-state index >= 15 is 0 Å². The molecule has 1 atom stereocenters. The Morgan fingerprint density at radius 3 is 2.96 bits per heavy atom. The Hall–Kier alpha value is -2.35. The van der Waals surface area contributed by atoms with Crippen molar-refractivity contribution in [1.29, 1.82) is 0 Å². The molecule has 4 nitrogen and oxygen atoms in total. The zero-order chi connectivity index (χ0) is 19.3. The fourth-order valence-electron chi connectivity index (χ4n) is 3.78. The van der Waals surface area contributed by atoms with E-state index in [-0.39, 0.29) is 5.82 Å². The first-order chi connectivity index (χ1) is 13.7. The summed E-state index contributed by atoms with van der Waals surface area (Å²) in [5, 5.41) is 4.28. The van der Waals surface area contributed by atoms with Crippen molar-refractivity contribution >= 4 is 60.1 Å². The smallest absolute Gasteiger partial charge is 0.173 e. The van der Waals surface area contributed by atoms with Gasteiger partial charge >= 0.3 is 0 Å². The molecule has 0 spiro atoms. The average molecular weight is 411 g/mol. The summed E-state index contributed by atoms with van der Waals surface area (Å²) in [4.78, 5) is 13.3. The van der Waals surface area contributed by atoms with E-state index in [0.717, 1.165) is 33.7 Å². The van der Waals surface area contributed by atoms with Crippen LogP contribution in [0.1, 0.15) is 18.7 Å². The maximum atomic E-state index is 14.8. The Labute approximate surface area is 170 Å². The number of pyridine rings is 1. The number of thiazole rings is 1. The molecule has 0 saturated carbocycles. The Morgan fingerprint density at radius 1 is 1.25 bits per heavy atom. The van der Waals surface area contributed by atoms with E-state index in [1.165, 1.54) is 21.8 Å². The van der Waals surface area contributed by atoms with Crippen molar-refractivity contribution in [1.82, 2.24) is 14.9 Å². The van der Waals surface area contributed by atoms with Gasteiger partial charge < -0.3 is 5.32 Å². The SMILES string of the molecule is CCN1CC=C(c2cc3c(Nc4ccc5scnc5c4F)ccnc3s2)C1C. The largest absolute Gasteiger partial charge is 0.352 e. The van der Waals surface area contributed by atoms with Crippen molar-refractivity contribution < 1.29 is 4.39 Å². The lowest BCUT2D eigenvalue weighted by atomic mass is 10.1. The van der Waals surface area contributed by atoms with Gasteiger partial charge in [-0.3, -0.25) is 4.90 Å². The molecule has 1 unspecified atom stereocenters. The minimum absolute atomic E-state index is 0.315. The van der Waals surface area contributed by atoms with Crippen LogP contribution in [0.4, 0.5) is 15.8 Å². The number of halogens is 1. The predicted molar refractivity (Wildman–Crippen MR) is 117 cm³/mol. The fourth-order valence-corrected chi connectivity index (χ4v) is 5.60. The highest BCUT2D eigenvalue weighted by atomic mass is 32.1. The molecule has 1 N–H and O–H groups in total. The molecule has 1 aliphatic heterocycles. The number of likely N-dealkylation sites (N-methyl/N-ethyl adjacent to an activating group) is 1. The highest BCUT2D eigenvalue weighted by Crippen LogP contribution is 2.38. The van der Waals surface area contributed by atoms with Gasteiger partial charge in [0.2, 0.25) is 0 Å². The fraction of sp³-hybridized carbons (Fsp3) is 0.238. The number of rotatable bonds is 4. The minimum Gasteiger partial charge on any atom is -0.352 e. The molecular formula is C21H19FN4S2. The quantitative estimate of drug-likeness (QED) is 0.455. The third-order valence-electron chi connectivity index (χ3n) is 5.38. The van der Waals surface area contributed by atoms with Gasteiger partial charge in [0.25, 0.3) is 0 Å². The number of aromatic nitrogens is 2. The number of nitrogens with one attached hydrogen (secondary N) is 1. The molecule has 1 aliphatic rings. The molecule has 4 heterocycles. The van der Waals surface area contributed by atoms with E-state index in [1.807, 2.05) is 12.1 Å². The van der Waals surface area contributed by atoms with Gasteiger partial charge in [0, 0.05) is 29.0 Å². The third kappa shape index (κ3) is 2.82. The van der Waals surface area contributed by atoms with Crippen LogP contribution in [-0.2, 0) is 0 Å². The van der Waals surface area contributed by atoms with Crippen LogP contribution in [0.3, 0.4) is 0 Å². The summed E-state index contributed by atoms with van der Waals surface area (Å²) in [7, 11) is 0. The van der Waals surface area contributed by atoms with Gasteiger partial charge in [0.05, 0.1) is 21.6 Å². The van der Waals surface area contributed by atoms with Crippen molar-refractivity contribution in [2.45, 2.75) is 19.9 Å². The zero-order valence-electron chi connectivity index (χ0n) is 15.6. The molecule has 7 heteroatoms. The maximum absolute atomic E-state index is 14.8. The monoisotopic (exact) mass is 410 g/mol. The summed E-state index contributed by atoms with van der Waals surface area (Å²) >= 11 is 3.13. The number of anilines is 2. The molecule has 0 radical (unpaired) electrons. The van der Waals surface area contributed by atoms with Crippen LogP contribution in [0.5, 0.6) is 0 Å². The summed E-state index contributed by atoms with van der Waals surface area (Å²) in [6, 6.07) is 8.15. The van der Waals surface area contributed by atoms with Crippen LogP contribution in [0.2, 0.25) is 0 Å². The third-order valence-corrected chi connectivity index (χ3v) is 7.27. The lowest BCUT2D eigenvalue weighted by Crippen LogP contribution is -2.28. The first-order valence-electron chi connectivity index (χ1n) is 9.27. The lowest BCUT2D eigenvalue weighted by Gasteiger charge is -2.21. The van der Waals surface area contributed by atoms with Gasteiger partial charge in [-0.2, -0.15) is 0 Å². The summed E-state index contributed by atoms with van der Waals surface area (Å²) in [6.45, 7) is 6.46. The van der Waals surface area contributed by atoms with Gasteiger partial charge in [-0.1, -0.05) is 13.0 Å². The number of nitrogens with zero attached hydrogens (tertiary/aromatic N) is 3. The number of thiophene rings is 1. The Morgan fingerprint density at radius 2 is 2.14 bits per heavy atom. The highest BCUT2D eigenvalue weighted by molar-refractivity contribution is 7.19. The van der Waals surface area contributed by atoms with Gasteiger partial charge in [-0.05, 0) is 43.3 Å². The van der Waals surface area contributed by atoms with Gasteiger partial charge in [-0.15, -0.1) is 22.7 Å². The van der Waals surface area contributed by atoms with Gasteiger partial charge in [-0.25, -0.2) is 14.4 Å². The van der Waals surface area contributed by atoms with Gasteiger partial charge in [0.1, 0.15) is 10.3 Å². The molecule has 0 aliphatic carbocycles.